The Morgan fingerprint density at radius 1 is 1.18 bits per heavy atom. The topological polar surface area (TPSA) is 58.0 Å². The Hall–Kier alpha value is -2.14. The molecule has 0 aromatic rings. The van der Waals surface area contributed by atoms with Gasteiger partial charge in [0.05, 0.1) is 17.1 Å². The van der Waals surface area contributed by atoms with Gasteiger partial charge in [-0.1, -0.05) is 19.7 Å². The van der Waals surface area contributed by atoms with Gasteiger partial charge in [-0.3, -0.25) is 0 Å². The van der Waals surface area contributed by atoms with Crippen LogP contribution in [-0.2, 0) is 4.94 Å². The van der Waals surface area contributed by atoms with E-state index >= 15 is 0 Å². The Kier molecular flexibility index (Phi) is 7.97. The zero-order valence-electron chi connectivity index (χ0n) is 10.2. The Bertz CT molecular complexity index is 367. The van der Waals surface area contributed by atoms with Crippen LogP contribution in [0, 0.1) is 0 Å². The second-order valence-corrected chi connectivity index (χ2v) is 2.97. The van der Waals surface area contributed by atoms with Crippen molar-refractivity contribution in [3.8, 4) is 0 Å². The second-order valence-electron chi connectivity index (χ2n) is 2.97. The highest BCUT2D eigenvalue weighted by Crippen LogP contribution is 1.98. The number of allylic oxidation sites excluding steroid dienone is 5. The first kappa shape index (κ1) is 14.9. The fourth-order valence-corrected chi connectivity index (χ4v) is 0.737. The molecule has 0 unspecified atom stereocenters. The minimum atomic E-state index is 0.549. The molecule has 5 nitrogen and oxygen atoms in total. The third-order valence-electron chi connectivity index (χ3n) is 1.58. The predicted octanol–water partition coefficient (Wildman–Crippen LogP) is 2.77. The summed E-state index contributed by atoms with van der Waals surface area (Å²) in [5, 5.41) is 7.50. The van der Waals surface area contributed by atoms with E-state index in [0.717, 1.165) is 5.70 Å². The maximum absolute atomic E-state index is 4.94. The Morgan fingerprint density at radius 3 is 2.41 bits per heavy atom. The number of nitrogens with one attached hydrogen (secondary N) is 2. The van der Waals surface area contributed by atoms with E-state index in [9.17, 15) is 0 Å². The molecular formula is C12H18N4O. The molecule has 0 aliphatic carbocycles. The van der Waals surface area contributed by atoms with Gasteiger partial charge in [-0.25, -0.2) is 11.0 Å². The first-order valence-corrected chi connectivity index (χ1v) is 4.94. The van der Waals surface area contributed by atoms with Gasteiger partial charge in [-0.2, -0.15) is 15.2 Å². The van der Waals surface area contributed by atoms with Crippen LogP contribution in [0.3, 0.4) is 0 Å². The van der Waals surface area contributed by atoms with Gasteiger partial charge in [0.25, 0.3) is 0 Å². The fourth-order valence-electron chi connectivity index (χ4n) is 0.737. The van der Waals surface area contributed by atoms with Gasteiger partial charge in [0, 0.05) is 7.05 Å². The number of azo groups is 1. The molecule has 0 amide bonds. The largest absolute Gasteiger partial charge is 0.243 e. The van der Waals surface area contributed by atoms with Crippen LogP contribution >= 0.6 is 0 Å². The summed E-state index contributed by atoms with van der Waals surface area (Å²) in [6.45, 7) is 12.6. The van der Waals surface area contributed by atoms with Crippen LogP contribution in [0.2, 0.25) is 0 Å². The van der Waals surface area contributed by atoms with E-state index in [1.165, 1.54) is 6.08 Å². The highest BCUT2D eigenvalue weighted by atomic mass is 16.8. The summed E-state index contributed by atoms with van der Waals surface area (Å²) < 4.78 is 0. The average molecular weight is 234 g/mol. The zero-order chi connectivity index (χ0) is 13.1. The van der Waals surface area contributed by atoms with E-state index in [1.54, 1.807) is 25.3 Å². The minimum Gasteiger partial charge on any atom is -0.243 e. The lowest BCUT2D eigenvalue weighted by Crippen LogP contribution is -2.23. The summed E-state index contributed by atoms with van der Waals surface area (Å²) in [6, 6.07) is 0. The van der Waals surface area contributed by atoms with Crippen molar-refractivity contribution in [1.29, 1.82) is 0 Å². The van der Waals surface area contributed by atoms with Crippen LogP contribution < -0.4 is 11.0 Å². The lowest BCUT2D eigenvalue weighted by atomic mass is 10.3. The Labute approximate surface area is 102 Å². The number of rotatable bonds is 8. The lowest BCUT2D eigenvalue weighted by Gasteiger charge is -2.07. The normalized spacial score (nSPS) is 12.4. The highest BCUT2D eigenvalue weighted by Gasteiger charge is 1.90. The van der Waals surface area contributed by atoms with Gasteiger partial charge in [0.1, 0.15) is 0 Å². The molecule has 0 aromatic carbocycles. The third kappa shape index (κ3) is 7.75. The SMILES string of the molecule is C=CC(=C)NON/C(C=C)=C/C=C(\C)N=NC. The predicted molar refractivity (Wildman–Crippen MR) is 69.5 cm³/mol. The molecule has 0 saturated carbocycles. The van der Waals surface area contributed by atoms with Crippen molar-refractivity contribution in [2.45, 2.75) is 6.92 Å². The van der Waals surface area contributed by atoms with Crippen LogP contribution in [-0.4, -0.2) is 7.05 Å². The molecule has 0 aliphatic heterocycles. The average Bonchev–Trinajstić information content (AvgIpc) is 2.33. The third-order valence-corrected chi connectivity index (χ3v) is 1.58. The first-order valence-electron chi connectivity index (χ1n) is 4.94. The van der Waals surface area contributed by atoms with Crippen LogP contribution in [0.4, 0.5) is 0 Å². The van der Waals surface area contributed by atoms with Crippen molar-refractivity contribution in [1.82, 2.24) is 11.0 Å². The van der Waals surface area contributed by atoms with Gasteiger partial charge < -0.3 is 0 Å². The molecule has 17 heavy (non-hydrogen) atoms. The highest BCUT2D eigenvalue weighted by molar-refractivity contribution is 5.21. The summed E-state index contributed by atoms with van der Waals surface area (Å²) in [5.41, 5.74) is 7.16. The number of hydrogen-bond donors (Lipinski definition) is 2. The molecule has 92 valence electrons. The Balaban J connectivity index is 4.28. The first-order chi connectivity index (χ1) is 8.13. The van der Waals surface area contributed by atoms with Crippen LogP contribution in [0.1, 0.15) is 6.92 Å². The van der Waals surface area contributed by atoms with Crippen LogP contribution in [0.5, 0.6) is 0 Å². The quantitative estimate of drug-likeness (QED) is 0.386. The van der Waals surface area contributed by atoms with Crippen LogP contribution in [0.25, 0.3) is 0 Å². The van der Waals surface area contributed by atoms with Crippen LogP contribution in [0.15, 0.2) is 71.4 Å². The molecule has 0 spiro atoms. The standard InChI is InChI=1S/C12H18N4O/c1-6-10(3)15-17-16-12(7-2)9-8-11(4)14-13-5/h6-9,15-16H,1-3H2,4-5H3/b11-8+,12-9+,14-13?. The van der Waals surface area contributed by atoms with Crippen molar-refractivity contribution in [3.05, 3.63) is 61.1 Å². The molecule has 0 atom stereocenters. The fraction of sp³-hybridized carbons (Fsp3) is 0.167. The molecule has 5 heteroatoms. The van der Waals surface area contributed by atoms with Crippen molar-refractivity contribution in [2.24, 2.45) is 10.2 Å². The number of hydroxylamine groups is 2. The van der Waals surface area contributed by atoms with E-state index in [0.29, 0.717) is 11.4 Å². The molecule has 2 N–H and O–H groups in total. The second kappa shape index (κ2) is 9.11. The van der Waals surface area contributed by atoms with Gasteiger partial charge >= 0.3 is 0 Å². The van der Waals surface area contributed by atoms with Gasteiger partial charge in [-0.15, -0.1) is 0 Å². The molecule has 0 bridgehead atoms. The monoisotopic (exact) mass is 234 g/mol. The lowest BCUT2D eigenvalue weighted by molar-refractivity contribution is 0.00189. The molecule has 0 aliphatic rings. The maximum Gasteiger partial charge on any atom is 0.0623 e. The zero-order valence-corrected chi connectivity index (χ0v) is 10.2. The number of nitrogens with zero attached hydrogens (tertiary/aromatic N) is 2. The van der Waals surface area contributed by atoms with E-state index < -0.39 is 0 Å². The van der Waals surface area contributed by atoms with E-state index in [-0.39, 0.29) is 0 Å². The number of hydrogen-bond acceptors (Lipinski definition) is 5. The van der Waals surface area contributed by atoms with E-state index in [4.69, 9.17) is 4.94 Å². The summed E-state index contributed by atoms with van der Waals surface area (Å²) in [7, 11) is 1.61. The molecule has 0 fully saturated rings. The summed E-state index contributed by atoms with van der Waals surface area (Å²) in [4.78, 5) is 4.94. The van der Waals surface area contributed by atoms with Crippen molar-refractivity contribution in [2.75, 3.05) is 7.05 Å². The van der Waals surface area contributed by atoms with Gasteiger partial charge in [0.15, 0.2) is 0 Å². The smallest absolute Gasteiger partial charge is 0.0623 e. The summed E-state index contributed by atoms with van der Waals surface area (Å²) >= 11 is 0. The molecule has 0 heterocycles. The molecule has 0 saturated heterocycles. The molecule has 0 radical (unpaired) electrons. The van der Waals surface area contributed by atoms with Crippen molar-refractivity contribution < 1.29 is 4.94 Å². The Morgan fingerprint density at radius 2 is 1.88 bits per heavy atom. The summed E-state index contributed by atoms with van der Waals surface area (Å²) in [6.07, 6.45) is 6.67. The molecular weight excluding hydrogens is 216 g/mol. The maximum atomic E-state index is 4.94. The molecule has 0 aromatic heterocycles. The summed E-state index contributed by atoms with van der Waals surface area (Å²) in [5.74, 6) is 0. The van der Waals surface area contributed by atoms with Crippen molar-refractivity contribution >= 4 is 0 Å². The van der Waals surface area contributed by atoms with Gasteiger partial charge in [0.2, 0.25) is 0 Å². The van der Waals surface area contributed by atoms with E-state index in [2.05, 4.69) is 40.9 Å². The molecule has 0 rings (SSSR count). The van der Waals surface area contributed by atoms with Gasteiger partial charge in [-0.05, 0) is 31.2 Å². The minimum absolute atomic E-state index is 0.549. The van der Waals surface area contributed by atoms with E-state index in [1.807, 2.05) is 6.92 Å². The van der Waals surface area contributed by atoms with Crippen molar-refractivity contribution in [3.63, 3.8) is 0 Å².